The molecule has 5 heteroatoms. The van der Waals surface area contributed by atoms with E-state index in [0.29, 0.717) is 11.1 Å². The molecule has 0 fully saturated rings. The van der Waals surface area contributed by atoms with Gasteiger partial charge in [0, 0.05) is 17.7 Å². The Hall–Kier alpha value is -2.30. The van der Waals surface area contributed by atoms with Crippen molar-refractivity contribution in [3.63, 3.8) is 0 Å². The van der Waals surface area contributed by atoms with Crippen molar-refractivity contribution in [1.29, 1.82) is 0 Å². The van der Waals surface area contributed by atoms with Gasteiger partial charge in [0.2, 0.25) is 5.88 Å². The molecule has 1 aliphatic heterocycles. The second-order valence-corrected chi connectivity index (χ2v) is 3.77. The predicted molar refractivity (Wildman–Crippen MR) is 61.3 cm³/mol. The van der Waals surface area contributed by atoms with Gasteiger partial charge in [0.05, 0.1) is 0 Å². The zero-order valence-corrected chi connectivity index (χ0v) is 9.30. The highest BCUT2D eigenvalue weighted by atomic mass is 16.3. The number of nitrogens with zero attached hydrogens (tertiary/aromatic N) is 1. The van der Waals surface area contributed by atoms with Crippen molar-refractivity contribution in [1.82, 2.24) is 10.2 Å². The number of urea groups is 1. The number of amides is 3. The number of rotatable bonds is 1. The van der Waals surface area contributed by atoms with E-state index in [-0.39, 0.29) is 12.4 Å². The number of imide groups is 1. The first-order valence-corrected chi connectivity index (χ1v) is 5.17. The van der Waals surface area contributed by atoms with E-state index in [1.54, 1.807) is 37.3 Å². The Morgan fingerprint density at radius 1 is 1.35 bits per heavy atom. The number of aliphatic hydroxyl groups is 1. The van der Waals surface area contributed by atoms with Crippen molar-refractivity contribution in [2.24, 2.45) is 0 Å². The van der Waals surface area contributed by atoms with Gasteiger partial charge < -0.3 is 10.4 Å². The second-order valence-electron chi connectivity index (χ2n) is 3.77. The Labute approximate surface area is 98.4 Å². The topological polar surface area (TPSA) is 69.6 Å². The summed E-state index contributed by atoms with van der Waals surface area (Å²) in [6.07, 6.45) is 0. The van der Waals surface area contributed by atoms with Crippen LogP contribution in [0.5, 0.6) is 0 Å². The zero-order valence-electron chi connectivity index (χ0n) is 9.30. The first-order valence-electron chi connectivity index (χ1n) is 5.17. The van der Waals surface area contributed by atoms with Gasteiger partial charge in [-0.3, -0.25) is 4.79 Å². The summed E-state index contributed by atoms with van der Waals surface area (Å²) in [6, 6.07) is 7.74. The van der Waals surface area contributed by atoms with Crippen LogP contribution in [0.25, 0.3) is 0 Å². The lowest BCUT2D eigenvalue weighted by Crippen LogP contribution is -2.48. The van der Waals surface area contributed by atoms with Gasteiger partial charge in [-0.2, -0.15) is 4.90 Å². The highest BCUT2D eigenvalue weighted by molar-refractivity contribution is 6.06. The lowest BCUT2D eigenvalue weighted by atomic mass is 10.2. The van der Waals surface area contributed by atoms with Crippen LogP contribution in [0.15, 0.2) is 41.8 Å². The summed E-state index contributed by atoms with van der Waals surface area (Å²) in [4.78, 5) is 24.3. The van der Waals surface area contributed by atoms with Crippen LogP contribution in [-0.2, 0) is 0 Å². The monoisotopic (exact) mass is 232 g/mol. The zero-order chi connectivity index (χ0) is 12.4. The van der Waals surface area contributed by atoms with Gasteiger partial charge in [0.15, 0.2) is 0 Å². The minimum absolute atomic E-state index is 0.253. The number of carbonyl (C=O) groups excluding carboxylic acids is 2. The quantitative estimate of drug-likeness (QED) is 0.773. The molecule has 0 saturated heterocycles. The standard InChI is InChI=1S/C12H12N2O3/c1-8-7-13-12(17)14(10(8)15)11(16)9-5-3-2-4-6-9/h2-6,15H,7H2,1H3,(H,13,17). The number of aliphatic hydroxyl groups excluding tert-OH is 1. The summed E-state index contributed by atoms with van der Waals surface area (Å²) in [5, 5.41) is 12.3. The Bertz CT molecular complexity index is 494. The van der Waals surface area contributed by atoms with E-state index in [2.05, 4.69) is 5.32 Å². The molecule has 3 amide bonds. The van der Waals surface area contributed by atoms with Crippen LogP contribution in [0.4, 0.5) is 4.79 Å². The van der Waals surface area contributed by atoms with Gasteiger partial charge in [0.25, 0.3) is 5.91 Å². The van der Waals surface area contributed by atoms with Gasteiger partial charge in [-0.15, -0.1) is 0 Å². The molecular formula is C12H12N2O3. The molecule has 0 aromatic heterocycles. The highest BCUT2D eigenvalue weighted by Crippen LogP contribution is 2.16. The number of hydrogen-bond donors (Lipinski definition) is 2. The molecule has 88 valence electrons. The van der Waals surface area contributed by atoms with Crippen LogP contribution in [0.1, 0.15) is 17.3 Å². The summed E-state index contributed by atoms with van der Waals surface area (Å²) in [6.45, 7) is 1.91. The van der Waals surface area contributed by atoms with Crippen LogP contribution in [0, 0.1) is 0 Å². The van der Waals surface area contributed by atoms with Gasteiger partial charge in [-0.25, -0.2) is 4.79 Å². The molecule has 5 nitrogen and oxygen atoms in total. The van der Waals surface area contributed by atoms with Crippen molar-refractivity contribution < 1.29 is 14.7 Å². The van der Waals surface area contributed by atoms with Crippen molar-refractivity contribution >= 4 is 11.9 Å². The first kappa shape index (κ1) is 11.2. The third-order valence-electron chi connectivity index (χ3n) is 2.53. The largest absolute Gasteiger partial charge is 0.494 e. The fourth-order valence-corrected chi connectivity index (χ4v) is 1.55. The van der Waals surface area contributed by atoms with E-state index in [0.717, 1.165) is 4.90 Å². The molecule has 2 N–H and O–H groups in total. The van der Waals surface area contributed by atoms with E-state index in [1.807, 2.05) is 0 Å². The van der Waals surface area contributed by atoms with Crippen molar-refractivity contribution in [3.05, 3.63) is 47.4 Å². The Kier molecular flexibility index (Phi) is 2.82. The summed E-state index contributed by atoms with van der Waals surface area (Å²) in [7, 11) is 0. The van der Waals surface area contributed by atoms with Gasteiger partial charge in [0.1, 0.15) is 0 Å². The maximum Gasteiger partial charge on any atom is 0.331 e. The van der Waals surface area contributed by atoms with E-state index in [9.17, 15) is 14.7 Å². The smallest absolute Gasteiger partial charge is 0.331 e. The third kappa shape index (κ3) is 1.99. The maximum absolute atomic E-state index is 12.0. The average molecular weight is 232 g/mol. The Morgan fingerprint density at radius 3 is 2.65 bits per heavy atom. The molecule has 0 atom stereocenters. The minimum atomic E-state index is -0.609. The molecule has 0 bridgehead atoms. The lowest BCUT2D eigenvalue weighted by molar-refractivity contribution is 0.0764. The van der Waals surface area contributed by atoms with Gasteiger partial charge >= 0.3 is 6.03 Å². The molecule has 0 unspecified atom stereocenters. The van der Waals surface area contributed by atoms with Crippen LogP contribution in [0.3, 0.4) is 0 Å². The van der Waals surface area contributed by atoms with E-state index >= 15 is 0 Å². The molecule has 17 heavy (non-hydrogen) atoms. The number of nitrogens with one attached hydrogen (secondary N) is 1. The lowest BCUT2D eigenvalue weighted by Gasteiger charge is -2.26. The molecule has 0 saturated carbocycles. The van der Waals surface area contributed by atoms with Gasteiger partial charge in [-0.1, -0.05) is 18.2 Å². The number of carbonyl (C=O) groups is 2. The van der Waals surface area contributed by atoms with Crippen LogP contribution in [0.2, 0.25) is 0 Å². The Balaban J connectivity index is 2.37. The normalized spacial score (nSPS) is 15.8. The van der Waals surface area contributed by atoms with Crippen LogP contribution < -0.4 is 5.32 Å². The summed E-state index contributed by atoms with van der Waals surface area (Å²) in [5.74, 6) is -0.831. The van der Waals surface area contributed by atoms with E-state index in [1.165, 1.54) is 0 Å². The fourth-order valence-electron chi connectivity index (χ4n) is 1.55. The molecule has 0 radical (unpaired) electrons. The van der Waals surface area contributed by atoms with E-state index in [4.69, 9.17) is 0 Å². The van der Waals surface area contributed by atoms with Crippen LogP contribution in [-0.4, -0.2) is 28.5 Å². The summed E-state index contributed by atoms with van der Waals surface area (Å²) in [5.41, 5.74) is 0.901. The summed E-state index contributed by atoms with van der Waals surface area (Å²) >= 11 is 0. The minimum Gasteiger partial charge on any atom is -0.494 e. The molecule has 0 spiro atoms. The Morgan fingerprint density at radius 2 is 2.00 bits per heavy atom. The highest BCUT2D eigenvalue weighted by Gasteiger charge is 2.30. The average Bonchev–Trinajstić information content (AvgIpc) is 2.35. The molecular weight excluding hydrogens is 220 g/mol. The molecule has 1 aromatic rings. The van der Waals surface area contributed by atoms with Crippen molar-refractivity contribution in [3.8, 4) is 0 Å². The molecule has 1 heterocycles. The second kappa shape index (κ2) is 4.29. The van der Waals surface area contributed by atoms with Crippen LogP contribution >= 0.6 is 0 Å². The van der Waals surface area contributed by atoms with Crippen molar-refractivity contribution in [2.45, 2.75) is 6.92 Å². The molecule has 2 rings (SSSR count). The third-order valence-corrected chi connectivity index (χ3v) is 2.53. The molecule has 0 aliphatic carbocycles. The number of benzene rings is 1. The predicted octanol–water partition coefficient (Wildman–Crippen LogP) is 1.64. The maximum atomic E-state index is 12.0. The van der Waals surface area contributed by atoms with Gasteiger partial charge in [-0.05, 0) is 19.1 Å². The molecule has 1 aromatic carbocycles. The van der Waals surface area contributed by atoms with Crippen molar-refractivity contribution in [2.75, 3.05) is 6.54 Å². The van der Waals surface area contributed by atoms with E-state index < -0.39 is 11.9 Å². The fraction of sp³-hybridized carbons (Fsp3) is 0.167. The molecule has 1 aliphatic rings. The summed E-state index contributed by atoms with van der Waals surface area (Å²) < 4.78 is 0. The first-order chi connectivity index (χ1) is 8.11. The SMILES string of the molecule is CC1=C(O)N(C(=O)c2ccccc2)C(=O)NC1. The number of hydrogen-bond acceptors (Lipinski definition) is 3.